The lowest BCUT2D eigenvalue weighted by molar-refractivity contribution is -0.142. The number of carbonyl (C=O) groups excluding carboxylic acids is 1. The molecule has 1 aromatic heterocycles. The van der Waals surface area contributed by atoms with E-state index in [0.717, 1.165) is 31.0 Å². The van der Waals surface area contributed by atoms with E-state index in [9.17, 15) is 4.79 Å². The fourth-order valence-electron chi connectivity index (χ4n) is 3.71. The minimum atomic E-state index is -0.306. The zero-order valence-electron chi connectivity index (χ0n) is 13.6. The SMILES string of the molecule is CC1(C(=O)NCc2cccnc2)CCN1CC1CCCCC1. The maximum Gasteiger partial charge on any atom is 0.240 e. The molecule has 0 spiro atoms. The van der Waals surface area contributed by atoms with Gasteiger partial charge in [0.25, 0.3) is 0 Å². The van der Waals surface area contributed by atoms with E-state index in [-0.39, 0.29) is 11.4 Å². The second-order valence-corrected chi connectivity index (χ2v) is 7.02. The van der Waals surface area contributed by atoms with Crippen LogP contribution in [-0.4, -0.2) is 34.4 Å². The number of rotatable bonds is 5. The number of amides is 1. The van der Waals surface area contributed by atoms with E-state index in [0.29, 0.717) is 6.54 Å². The minimum Gasteiger partial charge on any atom is -0.350 e. The second kappa shape index (κ2) is 6.78. The predicted molar refractivity (Wildman–Crippen MR) is 87.3 cm³/mol. The summed E-state index contributed by atoms with van der Waals surface area (Å²) in [6, 6.07) is 3.90. The third kappa shape index (κ3) is 3.32. The van der Waals surface area contributed by atoms with Crippen molar-refractivity contribution in [3.63, 3.8) is 0 Å². The third-order valence-electron chi connectivity index (χ3n) is 5.43. The highest BCUT2D eigenvalue weighted by molar-refractivity contribution is 5.86. The van der Waals surface area contributed by atoms with Crippen molar-refractivity contribution in [1.82, 2.24) is 15.2 Å². The number of pyridine rings is 1. The lowest BCUT2D eigenvalue weighted by Crippen LogP contribution is -2.66. The van der Waals surface area contributed by atoms with Crippen LogP contribution in [0, 0.1) is 5.92 Å². The maximum atomic E-state index is 12.6. The molecule has 120 valence electrons. The van der Waals surface area contributed by atoms with Crippen LogP contribution in [0.25, 0.3) is 0 Å². The van der Waals surface area contributed by atoms with Crippen LogP contribution < -0.4 is 5.32 Å². The van der Waals surface area contributed by atoms with Gasteiger partial charge in [0, 0.05) is 32.0 Å². The Morgan fingerprint density at radius 3 is 2.86 bits per heavy atom. The molecule has 1 aromatic rings. The topological polar surface area (TPSA) is 45.2 Å². The largest absolute Gasteiger partial charge is 0.350 e. The summed E-state index contributed by atoms with van der Waals surface area (Å²) < 4.78 is 0. The molecule has 4 heteroatoms. The van der Waals surface area contributed by atoms with Crippen LogP contribution in [0.4, 0.5) is 0 Å². The lowest BCUT2D eigenvalue weighted by Gasteiger charge is -2.50. The molecule has 1 aliphatic carbocycles. The Kier molecular flexibility index (Phi) is 4.77. The van der Waals surface area contributed by atoms with Crippen LogP contribution in [0.15, 0.2) is 24.5 Å². The average molecular weight is 301 g/mol. The van der Waals surface area contributed by atoms with Gasteiger partial charge in [-0.2, -0.15) is 0 Å². The van der Waals surface area contributed by atoms with Gasteiger partial charge < -0.3 is 5.32 Å². The van der Waals surface area contributed by atoms with Crippen molar-refractivity contribution < 1.29 is 4.79 Å². The Morgan fingerprint density at radius 1 is 1.41 bits per heavy atom. The Hall–Kier alpha value is -1.42. The molecule has 2 aliphatic rings. The highest BCUT2D eigenvalue weighted by Gasteiger charge is 2.47. The Morgan fingerprint density at radius 2 is 2.23 bits per heavy atom. The summed E-state index contributed by atoms with van der Waals surface area (Å²) in [5.74, 6) is 0.956. The molecule has 2 heterocycles. The van der Waals surface area contributed by atoms with Gasteiger partial charge in [-0.25, -0.2) is 0 Å². The van der Waals surface area contributed by atoms with E-state index >= 15 is 0 Å². The zero-order valence-corrected chi connectivity index (χ0v) is 13.6. The van der Waals surface area contributed by atoms with Crippen molar-refractivity contribution in [2.75, 3.05) is 13.1 Å². The number of hydrogen-bond acceptors (Lipinski definition) is 3. The molecule has 1 saturated heterocycles. The van der Waals surface area contributed by atoms with E-state index in [1.54, 1.807) is 6.20 Å². The first kappa shape index (κ1) is 15.5. The van der Waals surface area contributed by atoms with Gasteiger partial charge in [0.05, 0.1) is 5.54 Å². The molecule has 0 aromatic carbocycles. The molecular formula is C18H27N3O. The van der Waals surface area contributed by atoms with Crippen molar-refractivity contribution >= 4 is 5.91 Å². The molecule has 3 rings (SSSR count). The number of nitrogens with one attached hydrogen (secondary N) is 1. The summed E-state index contributed by atoms with van der Waals surface area (Å²) in [5, 5.41) is 3.09. The van der Waals surface area contributed by atoms with Crippen LogP contribution >= 0.6 is 0 Å². The highest BCUT2D eigenvalue weighted by Crippen LogP contribution is 2.34. The van der Waals surface area contributed by atoms with Gasteiger partial charge in [-0.1, -0.05) is 25.3 Å². The number of nitrogens with zero attached hydrogens (tertiary/aromatic N) is 2. The molecule has 4 nitrogen and oxygen atoms in total. The molecule has 0 radical (unpaired) electrons. The minimum absolute atomic E-state index is 0.165. The maximum absolute atomic E-state index is 12.6. The van der Waals surface area contributed by atoms with E-state index in [1.165, 1.54) is 32.1 Å². The first-order chi connectivity index (χ1) is 10.7. The number of likely N-dealkylation sites (tertiary alicyclic amines) is 1. The summed E-state index contributed by atoms with van der Waals surface area (Å²) in [7, 11) is 0. The van der Waals surface area contributed by atoms with Gasteiger partial charge in [0.1, 0.15) is 0 Å². The van der Waals surface area contributed by atoms with Crippen LogP contribution in [-0.2, 0) is 11.3 Å². The molecule has 1 amide bonds. The molecular weight excluding hydrogens is 274 g/mol. The smallest absolute Gasteiger partial charge is 0.240 e. The van der Waals surface area contributed by atoms with Crippen LogP contribution in [0.1, 0.15) is 51.0 Å². The van der Waals surface area contributed by atoms with Crippen LogP contribution in [0.2, 0.25) is 0 Å². The average Bonchev–Trinajstić information content (AvgIpc) is 2.57. The van der Waals surface area contributed by atoms with E-state index < -0.39 is 0 Å². The summed E-state index contributed by atoms with van der Waals surface area (Å²) in [6.07, 6.45) is 11.3. The van der Waals surface area contributed by atoms with Gasteiger partial charge in [0.15, 0.2) is 0 Å². The molecule has 22 heavy (non-hydrogen) atoms. The first-order valence-corrected chi connectivity index (χ1v) is 8.61. The molecule has 2 fully saturated rings. The van der Waals surface area contributed by atoms with Crippen LogP contribution in [0.5, 0.6) is 0 Å². The lowest BCUT2D eigenvalue weighted by atomic mass is 9.81. The van der Waals surface area contributed by atoms with Gasteiger partial charge in [-0.05, 0) is 43.7 Å². The van der Waals surface area contributed by atoms with Crippen molar-refractivity contribution in [3.8, 4) is 0 Å². The van der Waals surface area contributed by atoms with Crippen molar-refractivity contribution in [2.24, 2.45) is 5.92 Å². The van der Waals surface area contributed by atoms with Crippen molar-refractivity contribution in [2.45, 2.75) is 57.5 Å². The summed E-state index contributed by atoms with van der Waals surface area (Å²) in [4.78, 5) is 19.1. The standard InChI is InChI=1S/C18H27N3O/c1-18(17(22)20-13-16-8-5-10-19-12-16)9-11-21(18)14-15-6-3-2-4-7-15/h5,8,10,12,15H,2-4,6-7,9,11,13-14H2,1H3,(H,20,22). The number of aromatic nitrogens is 1. The van der Waals surface area contributed by atoms with Crippen molar-refractivity contribution in [1.29, 1.82) is 0 Å². The Bertz CT molecular complexity index is 498. The predicted octanol–water partition coefficient (Wildman–Crippen LogP) is 2.74. The number of carbonyl (C=O) groups is 1. The van der Waals surface area contributed by atoms with Gasteiger partial charge in [-0.3, -0.25) is 14.7 Å². The van der Waals surface area contributed by atoms with Gasteiger partial charge in [-0.15, -0.1) is 0 Å². The fourth-order valence-corrected chi connectivity index (χ4v) is 3.71. The van der Waals surface area contributed by atoms with Gasteiger partial charge >= 0.3 is 0 Å². The van der Waals surface area contributed by atoms with E-state index in [2.05, 4.69) is 22.1 Å². The molecule has 1 unspecified atom stereocenters. The fraction of sp³-hybridized carbons (Fsp3) is 0.667. The second-order valence-electron chi connectivity index (χ2n) is 7.02. The summed E-state index contributed by atoms with van der Waals surface area (Å²) >= 11 is 0. The summed E-state index contributed by atoms with van der Waals surface area (Å²) in [6.45, 7) is 4.82. The monoisotopic (exact) mass is 301 g/mol. The number of hydrogen-bond donors (Lipinski definition) is 1. The molecule has 1 N–H and O–H groups in total. The Balaban J connectivity index is 1.52. The first-order valence-electron chi connectivity index (χ1n) is 8.61. The van der Waals surface area contributed by atoms with E-state index in [4.69, 9.17) is 0 Å². The molecule has 0 bridgehead atoms. The van der Waals surface area contributed by atoms with Gasteiger partial charge in [0.2, 0.25) is 5.91 Å². The summed E-state index contributed by atoms with van der Waals surface area (Å²) in [5.41, 5.74) is 0.747. The zero-order chi connectivity index (χ0) is 15.4. The van der Waals surface area contributed by atoms with Crippen molar-refractivity contribution in [3.05, 3.63) is 30.1 Å². The molecule has 1 aliphatic heterocycles. The van der Waals surface area contributed by atoms with Crippen LogP contribution in [0.3, 0.4) is 0 Å². The van der Waals surface area contributed by atoms with E-state index in [1.807, 2.05) is 18.3 Å². The molecule has 1 saturated carbocycles. The Labute approximate surface area is 133 Å². The normalized spacial score (nSPS) is 26.4. The quantitative estimate of drug-likeness (QED) is 0.909. The highest BCUT2D eigenvalue weighted by atomic mass is 16.2. The third-order valence-corrected chi connectivity index (χ3v) is 5.43. The molecule has 1 atom stereocenters.